The van der Waals surface area contributed by atoms with Crippen LogP contribution in [0.5, 0.6) is 11.5 Å². The van der Waals surface area contributed by atoms with Crippen molar-refractivity contribution in [1.82, 2.24) is 15.5 Å². The van der Waals surface area contributed by atoms with Gasteiger partial charge in [-0.1, -0.05) is 12.1 Å². The molecule has 0 aliphatic rings. The summed E-state index contributed by atoms with van der Waals surface area (Å²) < 4.78 is 16.8. The van der Waals surface area contributed by atoms with E-state index in [9.17, 15) is 0 Å². The average Bonchev–Trinajstić information content (AvgIpc) is 3.19. The van der Waals surface area contributed by atoms with Crippen molar-refractivity contribution in [1.29, 1.82) is 0 Å². The first-order valence-electron chi connectivity index (χ1n) is 8.99. The van der Waals surface area contributed by atoms with Crippen molar-refractivity contribution >= 4 is 5.96 Å². The number of hydrogen-bond acceptors (Lipinski definition) is 5. The number of guanidine groups is 1. The quantitative estimate of drug-likeness (QED) is 0.519. The van der Waals surface area contributed by atoms with Gasteiger partial charge < -0.3 is 24.5 Å². The number of furan rings is 1. The monoisotopic (exact) mass is 374 g/mol. The summed E-state index contributed by atoms with van der Waals surface area (Å²) in [5, 5.41) is 6.63. The number of ether oxygens (including phenoxy) is 2. The van der Waals surface area contributed by atoms with Gasteiger partial charge in [0.05, 0.1) is 26.0 Å². The smallest absolute Gasteiger partial charge is 0.191 e. The molecule has 0 saturated heterocycles. The van der Waals surface area contributed by atoms with E-state index in [0.29, 0.717) is 19.0 Å². The SMILES string of the molecule is CN=C(NCC(C)Oc1ccccc1OC)NCC(c1ccco1)N(C)C. The van der Waals surface area contributed by atoms with Gasteiger partial charge in [0.25, 0.3) is 0 Å². The minimum atomic E-state index is -0.0606. The Morgan fingerprint density at radius 3 is 2.41 bits per heavy atom. The number of methoxy groups -OCH3 is 1. The molecule has 7 heteroatoms. The number of aliphatic imine (C=N–C) groups is 1. The van der Waals surface area contributed by atoms with Crippen molar-refractivity contribution in [2.45, 2.75) is 19.1 Å². The fraction of sp³-hybridized carbons (Fsp3) is 0.450. The van der Waals surface area contributed by atoms with Crippen LogP contribution < -0.4 is 20.1 Å². The maximum atomic E-state index is 5.96. The molecule has 2 atom stereocenters. The van der Waals surface area contributed by atoms with Crippen LogP contribution in [-0.4, -0.2) is 58.3 Å². The van der Waals surface area contributed by atoms with Gasteiger partial charge in [-0.3, -0.25) is 9.89 Å². The third-order valence-electron chi connectivity index (χ3n) is 4.14. The van der Waals surface area contributed by atoms with E-state index in [2.05, 4.69) is 20.5 Å². The summed E-state index contributed by atoms with van der Waals surface area (Å²) >= 11 is 0. The van der Waals surface area contributed by atoms with E-state index in [-0.39, 0.29) is 12.1 Å². The van der Waals surface area contributed by atoms with Crippen molar-refractivity contribution < 1.29 is 13.9 Å². The molecule has 1 aromatic heterocycles. The maximum absolute atomic E-state index is 5.96. The molecule has 1 aromatic carbocycles. The summed E-state index contributed by atoms with van der Waals surface area (Å²) in [7, 11) is 7.43. The summed E-state index contributed by atoms with van der Waals surface area (Å²) in [6, 6.07) is 11.6. The number of hydrogen-bond donors (Lipinski definition) is 2. The highest BCUT2D eigenvalue weighted by molar-refractivity contribution is 5.79. The van der Waals surface area contributed by atoms with Crippen molar-refractivity contribution in [2.24, 2.45) is 4.99 Å². The normalized spacial score (nSPS) is 13.9. The lowest BCUT2D eigenvalue weighted by atomic mass is 10.2. The molecule has 0 bridgehead atoms. The van der Waals surface area contributed by atoms with Crippen LogP contribution in [-0.2, 0) is 0 Å². The average molecular weight is 374 g/mol. The third kappa shape index (κ3) is 6.21. The molecule has 7 nitrogen and oxygen atoms in total. The number of benzene rings is 1. The van der Waals surface area contributed by atoms with E-state index in [0.717, 1.165) is 17.3 Å². The molecule has 0 aliphatic carbocycles. The largest absolute Gasteiger partial charge is 0.493 e. The third-order valence-corrected chi connectivity index (χ3v) is 4.14. The zero-order chi connectivity index (χ0) is 19.6. The Kier molecular flexibility index (Phi) is 8.00. The fourth-order valence-corrected chi connectivity index (χ4v) is 2.65. The molecule has 27 heavy (non-hydrogen) atoms. The van der Waals surface area contributed by atoms with Crippen LogP contribution in [0.2, 0.25) is 0 Å². The highest BCUT2D eigenvalue weighted by atomic mass is 16.5. The molecule has 2 rings (SSSR count). The Bertz CT molecular complexity index is 701. The van der Waals surface area contributed by atoms with Gasteiger partial charge in [-0.25, -0.2) is 0 Å². The van der Waals surface area contributed by atoms with Crippen LogP contribution in [0.25, 0.3) is 0 Å². The minimum Gasteiger partial charge on any atom is -0.493 e. The summed E-state index contributed by atoms with van der Waals surface area (Å²) in [5.41, 5.74) is 0. The second-order valence-corrected chi connectivity index (χ2v) is 6.41. The molecule has 0 spiro atoms. The van der Waals surface area contributed by atoms with Gasteiger partial charge in [-0.2, -0.15) is 0 Å². The van der Waals surface area contributed by atoms with Gasteiger partial charge in [0.15, 0.2) is 17.5 Å². The van der Waals surface area contributed by atoms with E-state index in [1.807, 2.05) is 57.4 Å². The van der Waals surface area contributed by atoms with Crippen molar-refractivity contribution in [2.75, 3.05) is 41.3 Å². The first-order chi connectivity index (χ1) is 13.0. The summed E-state index contributed by atoms with van der Waals surface area (Å²) in [4.78, 5) is 6.38. The van der Waals surface area contributed by atoms with Crippen LogP contribution in [0.15, 0.2) is 52.1 Å². The molecule has 2 N–H and O–H groups in total. The Morgan fingerprint density at radius 1 is 1.11 bits per heavy atom. The second-order valence-electron chi connectivity index (χ2n) is 6.41. The Hall–Kier alpha value is -2.67. The van der Waals surface area contributed by atoms with E-state index >= 15 is 0 Å². The molecule has 1 heterocycles. The predicted octanol–water partition coefficient (Wildman–Crippen LogP) is 2.52. The second kappa shape index (κ2) is 10.5. The van der Waals surface area contributed by atoms with Crippen LogP contribution in [0.3, 0.4) is 0 Å². The van der Waals surface area contributed by atoms with Crippen LogP contribution in [0.4, 0.5) is 0 Å². The van der Waals surface area contributed by atoms with Gasteiger partial charge in [-0.05, 0) is 45.3 Å². The number of nitrogens with zero attached hydrogens (tertiary/aromatic N) is 2. The zero-order valence-corrected chi connectivity index (χ0v) is 16.7. The van der Waals surface area contributed by atoms with E-state index in [1.165, 1.54) is 0 Å². The topological polar surface area (TPSA) is 71.3 Å². The van der Waals surface area contributed by atoms with Crippen LogP contribution >= 0.6 is 0 Å². The number of para-hydroxylation sites is 2. The van der Waals surface area contributed by atoms with Gasteiger partial charge in [0.1, 0.15) is 11.9 Å². The molecule has 0 fully saturated rings. The van der Waals surface area contributed by atoms with E-state index < -0.39 is 0 Å². The molecular formula is C20H30N4O3. The van der Waals surface area contributed by atoms with Gasteiger partial charge in [-0.15, -0.1) is 0 Å². The minimum absolute atomic E-state index is 0.0606. The summed E-state index contributed by atoms with van der Waals surface area (Å²) in [5.74, 6) is 3.07. The van der Waals surface area contributed by atoms with Gasteiger partial charge >= 0.3 is 0 Å². The van der Waals surface area contributed by atoms with Crippen LogP contribution in [0, 0.1) is 0 Å². The lowest BCUT2D eigenvalue weighted by Gasteiger charge is -2.24. The number of nitrogens with one attached hydrogen (secondary N) is 2. The molecule has 0 radical (unpaired) electrons. The molecule has 0 aliphatic heterocycles. The number of rotatable bonds is 9. The molecule has 0 amide bonds. The van der Waals surface area contributed by atoms with Crippen LogP contribution in [0.1, 0.15) is 18.7 Å². The fourth-order valence-electron chi connectivity index (χ4n) is 2.65. The molecule has 2 aromatic rings. The Morgan fingerprint density at radius 2 is 1.81 bits per heavy atom. The first-order valence-corrected chi connectivity index (χ1v) is 8.99. The lowest BCUT2D eigenvalue weighted by Crippen LogP contribution is -2.44. The van der Waals surface area contributed by atoms with Crippen molar-refractivity contribution in [3.8, 4) is 11.5 Å². The predicted molar refractivity (Wildman–Crippen MR) is 108 cm³/mol. The molecular weight excluding hydrogens is 344 g/mol. The highest BCUT2D eigenvalue weighted by Crippen LogP contribution is 2.26. The summed E-state index contributed by atoms with van der Waals surface area (Å²) in [6.07, 6.45) is 1.63. The maximum Gasteiger partial charge on any atom is 0.191 e. The highest BCUT2D eigenvalue weighted by Gasteiger charge is 2.17. The van der Waals surface area contributed by atoms with E-state index in [1.54, 1.807) is 20.4 Å². The lowest BCUT2D eigenvalue weighted by molar-refractivity contribution is 0.213. The zero-order valence-electron chi connectivity index (χ0n) is 16.7. The first kappa shape index (κ1) is 20.6. The van der Waals surface area contributed by atoms with E-state index in [4.69, 9.17) is 13.9 Å². The standard InChI is InChI=1S/C20H30N4O3/c1-15(27-19-10-7-6-9-18(19)25-5)13-22-20(21-2)23-14-16(24(3)4)17-11-8-12-26-17/h6-12,15-16H,13-14H2,1-5H3,(H2,21,22,23). The van der Waals surface area contributed by atoms with Gasteiger partial charge in [0, 0.05) is 13.6 Å². The van der Waals surface area contributed by atoms with Crippen molar-refractivity contribution in [3.05, 3.63) is 48.4 Å². The molecule has 148 valence electrons. The Balaban J connectivity index is 1.84. The van der Waals surface area contributed by atoms with Crippen molar-refractivity contribution in [3.63, 3.8) is 0 Å². The molecule has 0 saturated carbocycles. The molecule has 2 unspecified atom stereocenters. The Labute approximate surface area is 161 Å². The number of likely N-dealkylation sites (N-methyl/N-ethyl adjacent to an activating group) is 1. The van der Waals surface area contributed by atoms with Gasteiger partial charge in [0.2, 0.25) is 0 Å². The summed E-state index contributed by atoms with van der Waals surface area (Å²) in [6.45, 7) is 3.27.